The number of alkyl halides is 3. The number of nitrogens with zero attached hydrogens (tertiary/aromatic N) is 4. The van der Waals surface area contributed by atoms with Gasteiger partial charge in [-0.15, -0.1) is 0 Å². The lowest BCUT2D eigenvalue weighted by Crippen LogP contribution is -2.55. The van der Waals surface area contributed by atoms with Crippen molar-refractivity contribution in [2.45, 2.75) is 76.6 Å². The number of carbonyl (C=O) groups excluding carboxylic acids is 2. The van der Waals surface area contributed by atoms with Crippen LogP contribution in [0.25, 0.3) is 11.0 Å². The van der Waals surface area contributed by atoms with Crippen LogP contribution in [0, 0.1) is 6.92 Å². The van der Waals surface area contributed by atoms with Crippen molar-refractivity contribution in [3.05, 3.63) is 17.7 Å². The third-order valence-corrected chi connectivity index (χ3v) is 6.62. The van der Waals surface area contributed by atoms with Gasteiger partial charge in [-0.25, -0.2) is 19.7 Å². The largest absolute Gasteiger partial charge is 0.534 e. The molecule has 0 bridgehead atoms. The Balaban J connectivity index is 1.98. The molecule has 0 aromatic carbocycles. The minimum Gasteiger partial charge on any atom is -0.443 e. The molecule has 2 aliphatic rings. The van der Waals surface area contributed by atoms with Crippen molar-refractivity contribution in [1.29, 1.82) is 0 Å². The number of rotatable bonds is 2. The predicted molar refractivity (Wildman–Crippen MR) is 112 cm³/mol. The van der Waals surface area contributed by atoms with Crippen molar-refractivity contribution < 1.29 is 40.1 Å². The van der Waals surface area contributed by atoms with Crippen LogP contribution in [0.2, 0.25) is 0 Å². The highest BCUT2D eigenvalue weighted by molar-refractivity contribution is 7.88. The molecule has 1 aliphatic heterocycles. The first-order valence-electron chi connectivity index (χ1n) is 10.6. The SMILES string of the molecule is Cc1ncc2c(OS(=O)(=O)C(F)(F)F)c3n(c2n1)[C@@H]1CCCC[C@H]1N(C(=O)OC(C)(C)C)C3=O. The highest BCUT2D eigenvalue weighted by Crippen LogP contribution is 2.46. The van der Waals surface area contributed by atoms with Gasteiger partial charge in [-0.1, -0.05) is 12.8 Å². The Morgan fingerprint density at radius 3 is 2.35 bits per heavy atom. The van der Waals surface area contributed by atoms with E-state index in [1.807, 2.05) is 0 Å². The van der Waals surface area contributed by atoms with Gasteiger partial charge in [-0.05, 0) is 40.5 Å². The van der Waals surface area contributed by atoms with Crippen molar-refractivity contribution in [2.24, 2.45) is 0 Å². The summed E-state index contributed by atoms with van der Waals surface area (Å²) in [6.45, 7) is 6.37. The molecule has 2 aromatic heterocycles. The third-order valence-electron chi connectivity index (χ3n) is 5.66. The van der Waals surface area contributed by atoms with Crippen LogP contribution >= 0.6 is 0 Å². The molecule has 0 unspecified atom stereocenters. The summed E-state index contributed by atoms with van der Waals surface area (Å²) in [4.78, 5) is 35.7. The molecular weight excluding hydrogens is 481 g/mol. The number of aromatic nitrogens is 3. The molecule has 0 radical (unpaired) electrons. The summed E-state index contributed by atoms with van der Waals surface area (Å²) in [7, 11) is -6.13. The lowest BCUT2D eigenvalue weighted by molar-refractivity contribution is -0.0500. The molecule has 34 heavy (non-hydrogen) atoms. The van der Waals surface area contributed by atoms with Gasteiger partial charge in [-0.3, -0.25) is 4.79 Å². The van der Waals surface area contributed by atoms with Crippen LogP contribution in [-0.4, -0.2) is 57.0 Å². The summed E-state index contributed by atoms with van der Waals surface area (Å²) < 4.78 is 74.5. The summed E-state index contributed by atoms with van der Waals surface area (Å²) in [6.07, 6.45) is 2.48. The highest BCUT2D eigenvalue weighted by atomic mass is 32.2. The van der Waals surface area contributed by atoms with Gasteiger partial charge in [0.05, 0.1) is 17.5 Å². The number of hydrogen-bond donors (Lipinski definition) is 0. The van der Waals surface area contributed by atoms with Crippen LogP contribution in [0.4, 0.5) is 18.0 Å². The summed E-state index contributed by atoms with van der Waals surface area (Å²) in [6, 6.07) is -1.21. The fraction of sp³-hybridized carbons (Fsp3) is 0.600. The van der Waals surface area contributed by atoms with Crippen LogP contribution in [-0.2, 0) is 14.9 Å². The standard InChI is InChI=1S/C20H23F3N4O6S/c1-10-24-9-11-15(33-34(30,31)20(21,22)23)14-17(28)27(18(29)32-19(2,3)4)13-8-6-5-7-12(13)26(14)16(11)25-10/h9,12-13H,5-8H2,1-4H3/t12-,13-/m1/s1. The minimum atomic E-state index is -6.13. The van der Waals surface area contributed by atoms with Crippen molar-refractivity contribution in [3.63, 3.8) is 0 Å². The van der Waals surface area contributed by atoms with Crippen molar-refractivity contribution in [3.8, 4) is 5.75 Å². The molecule has 10 nitrogen and oxygen atoms in total. The van der Waals surface area contributed by atoms with Crippen LogP contribution in [0.5, 0.6) is 5.75 Å². The van der Waals surface area contributed by atoms with Gasteiger partial charge in [0.2, 0.25) is 0 Å². The van der Waals surface area contributed by atoms with Gasteiger partial charge >= 0.3 is 21.7 Å². The second-order valence-corrected chi connectivity index (χ2v) is 10.8. The topological polar surface area (TPSA) is 121 Å². The zero-order valence-electron chi connectivity index (χ0n) is 18.8. The van der Waals surface area contributed by atoms with Gasteiger partial charge < -0.3 is 13.5 Å². The van der Waals surface area contributed by atoms with Crippen LogP contribution in [0.3, 0.4) is 0 Å². The molecule has 1 aliphatic carbocycles. The number of hydrogen-bond acceptors (Lipinski definition) is 8. The third kappa shape index (κ3) is 3.97. The molecule has 14 heteroatoms. The average molecular weight is 504 g/mol. The zero-order chi connectivity index (χ0) is 25.2. The maximum atomic E-state index is 13.6. The quantitative estimate of drug-likeness (QED) is 0.447. The van der Waals surface area contributed by atoms with E-state index in [0.29, 0.717) is 19.3 Å². The number of ether oxygens (including phenoxy) is 1. The molecule has 2 aromatic rings. The van der Waals surface area contributed by atoms with Gasteiger partial charge in [-0.2, -0.15) is 21.6 Å². The summed E-state index contributed by atoms with van der Waals surface area (Å²) in [5, 5.41) is -0.183. The average Bonchev–Trinajstić information content (AvgIpc) is 2.99. The smallest absolute Gasteiger partial charge is 0.443 e. The molecule has 1 fully saturated rings. The monoisotopic (exact) mass is 504 g/mol. The van der Waals surface area contributed by atoms with E-state index >= 15 is 0 Å². The number of imide groups is 1. The van der Waals surface area contributed by atoms with Gasteiger partial charge in [0.1, 0.15) is 17.1 Å². The van der Waals surface area contributed by atoms with E-state index in [4.69, 9.17) is 4.74 Å². The Morgan fingerprint density at radius 2 is 1.76 bits per heavy atom. The summed E-state index contributed by atoms with van der Waals surface area (Å²) in [5.41, 5.74) is -7.15. The molecule has 2 amide bonds. The summed E-state index contributed by atoms with van der Waals surface area (Å²) >= 11 is 0. The second kappa shape index (κ2) is 7.82. The molecule has 0 spiro atoms. The minimum absolute atomic E-state index is 0.0592. The highest BCUT2D eigenvalue weighted by Gasteiger charge is 2.52. The fourth-order valence-corrected chi connectivity index (χ4v) is 4.88. The van der Waals surface area contributed by atoms with E-state index in [-0.39, 0.29) is 16.9 Å². The van der Waals surface area contributed by atoms with Crippen molar-refractivity contribution >= 4 is 33.2 Å². The Kier molecular flexibility index (Phi) is 5.57. The Labute approximate surface area is 193 Å². The number of halogens is 3. The van der Waals surface area contributed by atoms with E-state index in [0.717, 1.165) is 17.5 Å². The molecule has 4 rings (SSSR count). The molecule has 0 N–H and O–H groups in total. The maximum Gasteiger partial charge on any atom is 0.534 e. The van der Waals surface area contributed by atoms with E-state index in [1.165, 1.54) is 4.57 Å². The molecule has 186 valence electrons. The predicted octanol–water partition coefficient (Wildman–Crippen LogP) is 3.84. The maximum absolute atomic E-state index is 13.6. The number of fused-ring (bicyclic) bond motifs is 5. The normalized spacial score (nSPS) is 21.3. The number of aryl methyl sites for hydroxylation is 1. The van der Waals surface area contributed by atoms with E-state index < -0.39 is 56.8 Å². The van der Waals surface area contributed by atoms with E-state index in [2.05, 4.69) is 14.2 Å². The van der Waals surface area contributed by atoms with Crippen molar-refractivity contribution in [2.75, 3.05) is 0 Å². The molecule has 2 atom stereocenters. The van der Waals surface area contributed by atoms with Crippen LogP contribution < -0.4 is 4.18 Å². The fourth-order valence-electron chi connectivity index (χ4n) is 4.40. The molecular formula is C20H23F3N4O6S. The Bertz CT molecular complexity index is 1280. The van der Waals surface area contributed by atoms with Crippen LogP contribution in [0.1, 0.15) is 68.8 Å². The van der Waals surface area contributed by atoms with Gasteiger partial charge in [0, 0.05) is 6.20 Å². The second-order valence-electron chi connectivity index (χ2n) is 9.26. The zero-order valence-corrected chi connectivity index (χ0v) is 19.7. The Hall–Kier alpha value is -2.90. The van der Waals surface area contributed by atoms with Gasteiger partial charge in [0.15, 0.2) is 11.4 Å². The number of amides is 2. The lowest BCUT2D eigenvalue weighted by atomic mass is 9.87. The molecule has 1 saturated carbocycles. The van der Waals surface area contributed by atoms with Crippen molar-refractivity contribution in [1.82, 2.24) is 19.4 Å². The first-order chi connectivity index (χ1) is 15.6. The van der Waals surface area contributed by atoms with E-state index in [9.17, 15) is 31.2 Å². The molecule has 0 saturated heterocycles. The van der Waals surface area contributed by atoms with Gasteiger partial charge in [0.25, 0.3) is 5.91 Å². The lowest BCUT2D eigenvalue weighted by Gasteiger charge is -2.43. The summed E-state index contributed by atoms with van der Waals surface area (Å²) in [5.74, 6) is -1.64. The van der Waals surface area contributed by atoms with Crippen LogP contribution in [0.15, 0.2) is 6.20 Å². The Morgan fingerprint density at radius 1 is 1.15 bits per heavy atom. The first kappa shape index (κ1) is 24.2. The first-order valence-corrected chi connectivity index (χ1v) is 12.0. The molecule has 3 heterocycles. The number of carbonyl (C=O) groups is 2. The van der Waals surface area contributed by atoms with E-state index in [1.54, 1.807) is 27.7 Å².